The maximum Gasteiger partial charge on any atom is 0.238 e. The van der Waals surface area contributed by atoms with Crippen molar-refractivity contribution in [2.75, 3.05) is 5.32 Å². The molecule has 1 amide bonds. The molecule has 0 heterocycles. The second kappa shape index (κ2) is 4.18. The van der Waals surface area contributed by atoms with Gasteiger partial charge in [-0.15, -0.1) is 0 Å². The van der Waals surface area contributed by atoms with Gasteiger partial charge in [-0.2, -0.15) is 0 Å². The summed E-state index contributed by atoms with van der Waals surface area (Å²) < 4.78 is 21.9. The van der Waals surface area contributed by atoms with Gasteiger partial charge in [-0.1, -0.05) is 11.6 Å². The monoisotopic (exact) mass is 247 g/mol. The number of nitrogens with two attached hydrogens (primary N) is 1. The lowest BCUT2D eigenvalue weighted by molar-refractivity contribution is -0.112. The third-order valence-electron chi connectivity index (χ3n) is 1.54. The van der Waals surface area contributed by atoms with E-state index in [0.29, 0.717) is 0 Å². The Morgan fingerprint density at radius 1 is 1.47 bits per heavy atom. The van der Waals surface area contributed by atoms with Gasteiger partial charge < -0.3 is 5.32 Å². The summed E-state index contributed by atoms with van der Waals surface area (Å²) in [6.07, 6.45) is 0. The molecule has 0 atom stereocenters. The van der Waals surface area contributed by atoms with E-state index in [1.165, 1.54) is 12.1 Å². The molecule has 0 aromatic heterocycles. The number of benzene rings is 1. The second-order valence-corrected chi connectivity index (χ2v) is 4.70. The Morgan fingerprint density at radius 2 is 2.07 bits per heavy atom. The number of hydrogen-bond donors (Lipinski definition) is 2. The summed E-state index contributed by atoms with van der Waals surface area (Å²) in [5.41, 5.74) is 0.282. The smallest absolute Gasteiger partial charge is 0.238 e. The molecule has 1 aromatic carbocycles. The van der Waals surface area contributed by atoms with Crippen LogP contribution in [0.4, 0.5) is 5.69 Å². The minimum Gasteiger partial charge on any atom is -0.325 e. The van der Waals surface area contributed by atoms with Crippen molar-refractivity contribution in [2.24, 2.45) is 5.14 Å². The van der Waals surface area contributed by atoms with E-state index in [1.54, 1.807) is 0 Å². The fraction of sp³-hybridized carbons (Fsp3) is 0. The van der Waals surface area contributed by atoms with Crippen LogP contribution >= 0.6 is 11.6 Å². The van der Waals surface area contributed by atoms with Crippen molar-refractivity contribution in [1.82, 2.24) is 0 Å². The van der Waals surface area contributed by atoms with Crippen molar-refractivity contribution in [3.63, 3.8) is 0 Å². The molecule has 0 spiro atoms. The summed E-state index contributed by atoms with van der Waals surface area (Å²) in [5, 5.41) is 7.31. The molecule has 81 valence electrons. The van der Waals surface area contributed by atoms with Crippen LogP contribution < -0.4 is 10.5 Å². The van der Waals surface area contributed by atoms with Crippen LogP contribution in [0.25, 0.3) is 0 Å². The van der Waals surface area contributed by atoms with Crippen molar-refractivity contribution in [2.45, 2.75) is 4.90 Å². The molecule has 1 rings (SSSR count). The van der Waals surface area contributed by atoms with E-state index in [9.17, 15) is 13.2 Å². The average molecular weight is 248 g/mol. The molecule has 0 fully saturated rings. The van der Waals surface area contributed by atoms with Gasteiger partial charge in [0.15, 0.2) is 0 Å². The Labute approximate surface area is 92.3 Å². The van der Waals surface area contributed by atoms with Crippen LogP contribution in [0, 0.1) is 6.92 Å². The molecule has 0 saturated carbocycles. The highest BCUT2D eigenvalue weighted by Crippen LogP contribution is 2.24. The van der Waals surface area contributed by atoms with Crippen molar-refractivity contribution in [1.29, 1.82) is 0 Å². The Hall–Kier alpha value is -1.11. The molecule has 0 aliphatic heterocycles. The Morgan fingerprint density at radius 3 is 2.47 bits per heavy atom. The van der Waals surface area contributed by atoms with Gasteiger partial charge in [-0.25, -0.2) is 13.6 Å². The maximum atomic E-state index is 10.9. The summed E-state index contributed by atoms with van der Waals surface area (Å²) >= 11 is 5.72. The van der Waals surface area contributed by atoms with E-state index in [-0.39, 0.29) is 15.6 Å². The molecule has 0 unspecified atom stereocenters. The number of halogens is 1. The van der Waals surface area contributed by atoms with Crippen LogP contribution in [-0.2, 0) is 14.8 Å². The SMILES string of the molecule is [CH2]C(=O)Nc1ccc(S(N)(=O)=O)cc1Cl. The Bertz CT molecular complexity index is 499. The van der Waals surface area contributed by atoms with Crippen LogP contribution in [0.1, 0.15) is 0 Å². The summed E-state index contributed by atoms with van der Waals surface area (Å²) in [4.78, 5) is 10.5. The lowest BCUT2D eigenvalue weighted by Crippen LogP contribution is -2.13. The molecule has 3 N–H and O–H groups in total. The molecule has 1 aromatic rings. The van der Waals surface area contributed by atoms with E-state index >= 15 is 0 Å². The van der Waals surface area contributed by atoms with Crippen LogP contribution in [0.15, 0.2) is 23.1 Å². The molecule has 0 saturated heterocycles. The topological polar surface area (TPSA) is 89.3 Å². The molecule has 0 bridgehead atoms. The lowest BCUT2D eigenvalue weighted by Gasteiger charge is -2.05. The van der Waals surface area contributed by atoms with Gasteiger partial charge in [0.2, 0.25) is 15.9 Å². The quantitative estimate of drug-likeness (QED) is 0.809. The largest absolute Gasteiger partial charge is 0.325 e. The van der Waals surface area contributed by atoms with Crippen molar-refractivity contribution in [3.05, 3.63) is 30.1 Å². The zero-order chi connectivity index (χ0) is 11.6. The first kappa shape index (κ1) is 12.0. The first-order valence-corrected chi connectivity index (χ1v) is 5.68. The van der Waals surface area contributed by atoms with E-state index in [4.69, 9.17) is 16.7 Å². The van der Waals surface area contributed by atoms with Gasteiger partial charge in [0, 0.05) is 6.92 Å². The van der Waals surface area contributed by atoms with Gasteiger partial charge in [-0.3, -0.25) is 4.79 Å². The Kier molecular flexibility index (Phi) is 3.33. The summed E-state index contributed by atoms with van der Waals surface area (Å²) in [5.74, 6) is -0.541. The summed E-state index contributed by atoms with van der Waals surface area (Å²) in [7, 11) is -3.78. The van der Waals surface area contributed by atoms with E-state index < -0.39 is 15.9 Å². The zero-order valence-electron chi connectivity index (χ0n) is 7.53. The second-order valence-electron chi connectivity index (χ2n) is 2.73. The zero-order valence-corrected chi connectivity index (χ0v) is 9.10. The third kappa shape index (κ3) is 3.19. The lowest BCUT2D eigenvalue weighted by atomic mass is 10.3. The molecule has 15 heavy (non-hydrogen) atoms. The van der Waals surface area contributed by atoms with Crippen LogP contribution in [0.3, 0.4) is 0 Å². The maximum absolute atomic E-state index is 10.9. The van der Waals surface area contributed by atoms with Gasteiger partial charge in [0.05, 0.1) is 15.6 Å². The highest BCUT2D eigenvalue weighted by atomic mass is 35.5. The molecule has 7 heteroatoms. The number of anilines is 1. The van der Waals surface area contributed by atoms with Gasteiger partial charge in [0.1, 0.15) is 0 Å². The normalized spacial score (nSPS) is 11.1. The molecule has 1 radical (unpaired) electrons. The third-order valence-corrected chi connectivity index (χ3v) is 2.77. The van der Waals surface area contributed by atoms with Crippen LogP contribution in [0.2, 0.25) is 5.02 Å². The van der Waals surface area contributed by atoms with Crippen LogP contribution in [0.5, 0.6) is 0 Å². The van der Waals surface area contributed by atoms with Crippen molar-refractivity contribution >= 4 is 33.2 Å². The predicted molar refractivity (Wildman–Crippen MR) is 56.8 cm³/mol. The molecular weight excluding hydrogens is 240 g/mol. The number of hydrogen-bond acceptors (Lipinski definition) is 3. The fourth-order valence-corrected chi connectivity index (χ4v) is 1.76. The number of nitrogens with one attached hydrogen (secondary N) is 1. The predicted octanol–water partition coefficient (Wildman–Crippen LogP) is 0.760. The highest BCUT2D eigenvalue weighted by molar-refractivity contribution is 7.89. The molecule has 0 aliphatic carbocycles. The van der Waals surface area contributed by atoms with E-state index in [0.717, 1.165) is 6.07 Å². The number of primary sulfonamides is 1. The number of rotatable bonds is 2. The van der Waals surface area contributed by atoms with E-state index in [1.807, 2.05) is 0 Å². The molecule has 5 nitrogen and oxygen atoms in total. The number of amides is 1. The van der Waals surface area contributed by atoms with Crippen LogP contribution in [-0.4, -0.2) is 14.3 Å². The fourth-order valence-electron chi connectivity index (χ4n) is 0.924. The minimum absolute atomic E-state index is 0.0820. The highest BCUT2D eigenvalue weighted by Gasteiger charge is 2.10. The van der Waals surface area contributed by atoms with Gasteiger partial charge in [0.25, 0.3) is 0 Å². The average Bonchev–Trinajstić information content (AvgIpc) is 2.05. The standard InChI is InChI=1S/C8H8ClN2O3S/c1-5(12)11-8-3-2-6(4-7(8)9)15(10,13)14/h2-4H,1H2,(H,11,12)(H2,10,13,14). The first-order valence-electron chi connectivity index (χ1n) is 3.76. The summed E-state index contributed by atoms with van der Waals surface area (Å²) in [6, 6.07) is 3.74. The van der Waals surface area contributed by atoms with Crippen molar-refractivity contribution < 1.29 is 13.2 Å². The summed E-state index contributed by atoms with van der Waals surface area (Å²) in [6.45, 7) is 3.09. The molecular formula is C8H8ClN2O3S. The van der Waals surface area contributed by atoms with E-state index in [2.05, 4.69) is 12.2 Å². The minimum atomic E-state index is -3.78. The number of sulfonamides is 1. The Balaban J connectivity index is 3.15. The number of carbonyl (C=O) groups excluding carboxylic acids is 1. The van der Waals surface area contributed by atoms with Crippen molar-refractivity contribution in [3.8, 4) is 0 Å². The number of carbonyl (C=O) groups is 1. The first-order chi connectivity index (χ1) is 6.80. The van der Waals surface area contributed by atoms with Gasteiger partial charge in [-0.05, 0) is 18.2 Å². The van der Waals surface area contributed by atoms with Gasteiger partial charge >= 0.3 is 0 Å². The molecule has 0 aliphatic rings.